The van der Waals surface area contributed by atoms with Crippen molar-refractivity contribution in [2.45, 2.75) is 31.2 Å². The lowest BCUT2D eigenvalue weighted by atomic mass is 9.96. The van der Waals surface area contributed by atoms with Crippen LogP contribution >= 0.6 is 0 Å². The number of alkyl halides is 3. The number of benzene rings is 1. The number of hydrogen-bond acceptors (Lipinski definition) is 6. The van der Waals surface area contributed by atoms with Crippen molar-refractivity contribution in [2.24, 2.45) is 0 Å². The molecule has 0 radical (unpaired) electrons. The van der Waals surface area contributed by atoms with Crippen molar-refractivity contribution in [3.05, 3.63) is 59.7 Å². The van der Waals surface area contributed by atoms with Gasteiger partial charge in [-0.25, -0.2) is 4.68 Å². The lowest BCUT2D eigenvalue weighted by Crippen LogP contribution is -2.35. The van der Waals surface area contributed by atoms with Gasteiger partial charge in [-0.1, -0.05) is 6.07 Å². The number of ether oxygens (including phenoxy) is 2. The summed E-state index contributed by atoms with van der Waals surface area (Å²) in [7, 11) is 0. The van der Waals surface area contributed by atoms with E-state index >= 15 is 0 Å². The van der Waals surface area contributed by atoms with Gasteiger partial charge in [-0.05, 0) is 29.8 Å². The molecular formula is C20H17F3N4O4. The Bertz CT molecular complexity index is 1110. The largest absolute Gasteiger partial charge is 0.467 e. The van der Waals surface area contributed by atoms with Crippen LogP contribution in [0.15, 0.2) is 47.1 Å². The number of nitrogens with zero attached hydrogens (tertiary/aromatic N) is 2. The Morgan fingerprint density at radius 2 is 2.06 bits per heavy atom. The second-order valence-corrected chi connectivity index (χ2v) is 7.22. The molecule has 2 aliphatic heterocycles. The van der Waals surface area contributed by atoms with Gasteiger partial charge >= 0.3 is 6.18 Å². The fraction of sp³-hybridized carbons (Fsp3) is 0.300. The van der Waals surface area contributed by atoms with Crippen LogP contribution in [0.25, 0.3) is 0 Å². The van der Waals surface area contributed by atoms with Crippen LogP contribution in [-0.2, 0) is 6.54 Å². The maximum Gasteiger partial charge on any atom is 0.410 e. The zero-order valence-corrected chi connectivity index (χ0v) is 16.0. The first-order valence-corrected chi connectivity index (χ1v) is 9.51. The predicted octanol–water partition coefficient (Wildman–Crippen LogP) is 3.80. The molecule has 8 nitrogen and oxygen atoms in total. The van der Waals surface area contributed by atoms with Crippen molar-refractivity contribution in [3.63, 3.8) is 0 Å². The second-order valence-electron chi connectivity index (χ2n) is 7.22. The highest BCUT2D eigenvalue weighted by molar-refractivity contribution is 5.93. The van der Waals surface area contributed by atoms with Crippen LogP contribution < -0.4 is 20.1 Å². The van der Waals surface area contributed by atoms with Crippen LogP contribution in [0, 0.1) is 0 Å². The molecule has 5 rings (SSSR count). The predicted molar refractivity (Wildman–Crippen MR) is 101 cm³/mol. The fourth-order valence-electron chi connectivity index (χ4n) is 3.70. The molecule has 4 heterocycles. The monoisotopic (exact) mass is 434 g/mol. The van der Waals surface area contributed by atoms with E-state index in [1.54, 1.807) is 30.3 Å². The van der Waals surface area contributed by atoms with Crippen molar-refractivity contribution in [3.8, 4) is 11.5 Å². The Morgan fingerprint density at radius 3 is 2.84 bits per heavy atom. The van der Waals surface area contributed by atoms with Crippen molar-refractivity contribution in [1.82, 2.24) is 15.1 Å². The van der Waals surface area contributed by atoms with Crippen molar-refractivity contribution in [1.29, 1.82) is 0 Å². The number of fused-ring (bicyclic) bond motifs is 2. The maximum absolute atomic E-state index is 13.8. The van der Waals surface area contributed by atoms with E-state index in [4.69, 9.17) is 13.9 Å². The molecule has 11 heteroatoms. The summed E-state index contributed by atoms with van der Waals surface area (Å²) in [5, 5.41) is 9.58. The molecule has 0 bridgehead atoms. The highest BCUT2D eigenvalue weighted by atomic mass is 19.4. The van der Waals surface area contributed by atoms with E-state index in [2.05, 4.69) is 15.7 Å². The van der Waals surface area contributed by atoms with E-state index in [-0.39, 0.29) is 31.3 Å². The summed E-state index contributed by atoms with van der Waals surface area (Å²) in [6.45, 7) is 0.176. The highest BCUT2D eigenvalue weighted by Crippen LogP contribution is 2.45. The van der Waals surface area contributed by atoms with E-state index < -0.39 is 24.2 Å². The Morgan fingerprint density at radius 1 is 1.23 bits per heavy atom. The van der Waals surface area contributed by atoms with Gasteiger partial charge in [-0.15, -0.1) is 0 Å². The summed E-state index contributed by atoms with van der Waals surface area (Å²) in [4.78, 5) is 12.4. The molecule has 1 aromatic carbocycles. The van der Waals surface area contributed by atoms with Gasteiger partial charge in [0.05, 0.1) is 18.8 Å². The lowest BCUT2D eigenvalue weighted by molar-refractivity contribution is -0.173. The number of nitrogens with one attached hydrogen (secondary N) is 2. The van der Waals surface area contributed by atoms with E-state index in [0.29, 0.717) is 22.8 Å². The second kappa shape index (κ2) is 7.25. The Hall–Kier alpha value is -3.63. The summed E-state index contributed by atoms with van der Waals surface area (Å²) in [6.07, 6.45) is -3.37. The first-order chi connectivity index (χ1) is 14.9. The summed E-state index contributed by atoms with van der Waals surface area (Å²) in [6, 6.07) is 7.16. The van der Waals surface area contributed by atoms with Gasteiger partial charge < -0.3 is 24.5 Å². The van der Waals surface area contributed by atoms with Gasteiger partial charge in [0, 0.05) is 12.5 Å². The fourth-order valence-corrected chi connectivity index (χ4v) is 3.70. The third-order valence-corrected chi connectivity index (χ3v) is 5.22. The standard InChI is InChI=1S/C20H17F3N4O4/c21-20(22,23)17-7-13(11-3-4-15-16(6-11)31-10-30-15)25-18-8-14(26-27(17)18)19(28)24-9-12-2-1-5-29-12/h1-6,8,13,17,25H,7,9-10H2,(H,24,28)/t13-,17+/m0/s1. The average Bonchev–Trinajstić information content (AvgIpc) is 3.50. The van der Waals surface area contributed by atoms with Crippen LogP contribution in [0.5, 0.6) is 11.5 Å². The summed E-state index contributed by atoms with van der Waals surface area (Å²) in [5.74, 6) is 1.07. The smallest absolute Gasteiger partial charge is 0.410 e. The molecule has 2 aliphatic rings. The van der Waals surface area contributed by atoms with Gasteiger partial charge in [-0.2, -0.15) is 18.3 Å². The Labute approximate surface area is 173 Å². The number of aromatic nitrogens is 2. The van der Waals surface area contributed by atoms with Gasteiger partial charge in [-0.3, -0.25) is 4.79 Å². The van der Waals surface area contributed by atoms with Crippen molar-refractivity contribution in [2.75, 3.05) is 12.1 Å². The molecule has 3 aromatic rings. The van der Waals surface area contributed by atoms with Crippen LogP contribution in [0.2, 0.25) is 0 Å². The maximum atomic E-state index is 13.8. The normalized spacial score (nSPS) is 19.6. The van der Waals surface area contributed by atoms with E-state index in [9.17, 15) is 18.0 Å². The molecule has 0 unspecified atom stereocenters. The molecule has 2 N–H and O–H groups in total. The van der Waals surface area contributed by atoms with Crippen LogP contribution in [-0.4, -0.2) is 28.7 Å². The molecular weight excluding hydrogens is 417 g/mol. The third kappa shape index (κ3) is 3.66. The average molecular weight is 434 g/mol. The van der Waals surface area contributed by atoms with Crippen molar-refractivity contribution >= 4 is 11.7 Å². The molecule has 2 atom stereocenters. The highest BCUT2D eigenvalue weighted by Gasteiger charge is 2.47. The molecule has 0 fully saturated rings. The number of halogens is 3. The van der Waals surface area contributed by atoms with Gasteiger partial charge in [0.25, 0.3) is 5.91 Å². The van der Waals surface area contributed by atoms with E-state index in [0.717, 1.165) is 4.68 Å². The summed E-state index contributed by atoms with van der Waals surface area (Å²) >= 11 is 0. The summed E-state index contributed by atoms with van der Waals surface area (Å²) < 4.78 is 58.0. The molecule has 1 amide bonds. The molecule has 0 aliphatic carbocycles. The quantitative estimate of drug-likeness (QED) is 0.649. The number of hydrogen-bond donors (Lipinski definition) is 2. The van der Waals surface area contributed by atoms with Gasteiger partial charge in [0.1, 0.15) is 11.6 Å². The SMILES string of the molecule is O=C(NCc1ccco1)c1cc2n(n1)[C@@H](C(F)(F)F)C[C@@H](c1ccc3c(c1)OCO3)N2. The molecule has 0 spiro atoms. The van der Waals surface area contributed by atoms with E-state index in [1.807, 2.05) is 0 Å². The number of furan rings is 1. The molecule has 162 valence electrons. The van der Waals surface area contributed by atoms with Gasteiger partial charge in [0.2, 0.25) is 6.79 Å². The number of amides is 1. The molecule has 0 saturated heterocycles. The number of carbonyl (C=O) groups is 1. The van der Waals surface area contributed by atoms with Crippen LogP contribution in [0.4, 0.5) is 19.0 Å². The van der Waals surface area contributed by atoms with Crippen LogP contribution in [0.1, 0.15) is 40.3 Å². The minimum absolute atomic E-state index is 0.0747. The minimum atomic E-state index is -4.54. The molecule has 31 heavy (non-hydrogen) atoms. The number of rotatable bonds is 4. The topological polar surface area (TPSA) is 90.6 Å². The van der Waals surface area contributed by atoms with Crippen LogP contribution in [0.3, 0.4) is 0 Å². The molecule has 2 aromatic heterocycles. The Balaban J connectivity index is 1.41. The Kier molecular flexibility index (Phi) is 4.53. The third-order valence-electron chi connectivity index (χ3n) is 5.22. The first kappa shape index (κ1) is 19.3. The molecule has 0 saturated carbocycles. The van der Waals surface area contributed by atoms with E-state index in [1.165, 1.54) is 12.3 Å². The lowest BCUT2D eigenvalue weighted by Gasteiger charge is -2.33. The van der Waals surface area contributed by atoms with Crippen molar-refractivity contribution < 1.29 is 31.9 Å². The summed E-state index contributed by atoms with van der Waals surface area (Å²) in [5.41, 5.74) is 0.504. The minimum Gasteiger partial charge on any atom is -0.467 e. The zero-order valence-electron chi connectivity index (χ0n) is 16.0. The zero-order chi connectivity index (χ0) is 21.6. The first-order valence-electron chi connectivity index (χ1n) is 9.51. The number of anilines is 1. The van der Waals surface area contributed by atoms with Gasteiger partial charge in [0.15, 0.2) is 23.2 Å². The number of carbonyl (C=O) groups excluding carboxylic acids is 1.